The van der Waals surface area contributed by atoms with Crippen molar-refractivity contribution in [2.45, 2.75) is 0 Å². The summed E-state index contributed by atoms with van der Waals surface area (Å²) in [5.41, 5.74) is 13.3. The molecule has 0 saturated carbocycles. The number of hydrogen-bond acceptors (Lipinski definition) is 4. The number of halogens is 1. The van der Waals surface area contributed by atoms with Crippen molar-refractivity contribution in [2.75, 3.05) is 18.2 Å². The molecule has 0 radical (unpaired) electrons. The first kappa shape index (κ1) is 14.0. The third kappa shape index (κ3) is 2.95. The van der Waals surface area contributed by atoms with Gasteiger partial charge < -0.3 is 21.5 Å². The van der Waals surface area contributed by atoms with Crippen molar-refractivity contribution in [3.05, 3.63) is 47.0 Å². The lowest BCUT2D eigenvalue weighted by atomic mass is 10.1. The van der Waals surface area contributed by atoms with Crippen molar-refractivity contribution >= 4 is 34.6 Å². The molecule has 0 aliphatic carbocycles. The van der Waals surface area contributed by atoms with E-state index >= 15 is 0 Å². The first-order chi connectivity index (χ1) is 9.51. The van der Waals surface area contributed by atoms with Gasteiger partial charge in [-0.25, -0.2) is 0 Å². The van der Waals surface area contributed by atoms with Crippen LogP contribution in [0.2, 0.25) is 5.02 Å². The molecule has 0 spiro atoms. The zero-order valence-electron chi connectivity index (χ0n) is 10.8. The Balaban J connectivity index is 2.28. The van der Waals surface area contributed by atoms with Crippen molar-refractivity contribution in [1.29, 1.82) is 0 Å². The summed E-state index contributed by atoms with van der Waals surface area (Å²) in [7, 11) is 1.54. The fourth-order valence-electron chi connectivity index (χ4n) is 1.72. The van der Waals surface area contributed by atoms with E-state index in [4.69, 9.17) is 27.8 Å². The number of primary amides is 1. The SMILES string of the molecule is COc1cc(Nc2ccc(C(N)=O)cc2N)ccc1Cl. The molecule has 104 valence electrons. The maximum atomic E-state index is 11.1. The Kier molecular flexibility index (Phi) is 4.00. The van der Waals surface area contributed by atoms with E-state index < -0.39 is 5.91 Å². The third-order valence-electron chi connectivity index (χ3n) is 2.77. The van der Waals surface area contributed by atoms with Crippen LogP contribution in [0.3, 0.4) is 0 Å². The molecular weight excluding hydrogens is 278 g/mol. The largest absolute Gasteiger partial charge is 0.495 e. The predicted octanol–water partition coefficient (Wildman–Crippen LogP) is 2.77. The number of amides is 1. The minimum absolute atomic E-state index is 0.363. The maximum Gasteiger partial charge on any atom is 0.248 e. The molecule has 6 heteroatoms. The zero-order valence-corrected chi connectivity index (χ0v) is 11.6. The van der Waals surface area contributed by atoms with Gasteiger partial charge >= 0.3 is 0 Å². The average molecular weight is 292 g/mol. The Morgan fingerprint density at radius 1 is 1.25 bits per heavy atom. The Labute approximate surface area is 121 Å². The van der Waals surface area contributed by atoms with Crippen molar-refractivity contribution in [2.24, 2.45) is 5.73 Å². The highest BCUT2D eigenvalue weighted by atomic mass is 35.5. The molecule has 0 atom stereocenters. The van der Waals surface area contributed by atoms with Crippen LogP contribution in [-0.2, 0) is 0 Å². The molecule has 2 aromatic carbocycles. The van der Waals surface area contributed by atoms with Crippen LogP contribution >= 0.6 is 11.6 Å². The number of hydrogen-bond donors (Lipinski definition) is 3. The monoisotopic (exact) mass is 291 g/mol. The summed E-state index contributed by atoms with van der Waals surface area (Å²) in [4.78, 5) is 11.1. The summed E-state index contributed by atoms with van der Waals surface area (Å²) in [6.07, 6.45) is 0. The van der Waals surface area contributed by atoms with Gasteiger partial charge in [0.05, 0.1) is 23.5 Å². The second-order valence-corrected chi connectivity index (χ2v) is 4.55. The number of anilines is 3. The number of carbonyl (C=O) groups excluding carboxylic acids is 1. The first-order valence-corrected chi connectivity index (χ1v) is 6.19. The Bertz CT molecular complexity index is 659. The molecule has 20 heavy (non-hydrogen) atoms. The lowest BCUT2D eigenvalue weighted by molar-refractivity contribution is 0.100. The molecular formula is C14H14ClN3O2. The molecule has 0 fully saturated rings. The van der Waals surface area contributed by atoms with Gasteiger partial charge in [-0.1, -0.05) is 11.6 Å². The number of rotatable bonds is 4. The highest BCUT2D eigenvalue weighted by Crippen LogP contribution is 2.30. The quantitative estimate of drug-likeness (QED) is 0.756. The van der Waals surface area contributed by atoms with E-state index in [-0.39, 0.29) is 0 Å². The van der Waals surface area contributed by atoms with Gasteiger partial charge in [-0.05, 0) is 30.3 Å². The highest BCUT2D eigenvalue weighted by molar-refractivity contribution is 6.32. The lowest BCUT2D eigenvalue weighted by Crippen LogP contribution is -2.11. The van der Waals surface area contributed by atoms with Gasteiger partial charge in [0.25, 0.3) is 0 Å². The Morgan fingerprint density at radius 3 is 2.60 bits per heavy atom. The van der Waals surface area contributed by atoms with Crippen LogP contribution in [0.5, 0.6) is 5.75 Å². The topological polar surface area (TPSA) is 90.4 Å². The van der Waals surface area contributed by atoms with Crippen molar-refractivity contribution < 1.29 is 9.53 Å². The number of benzene rings is 2. The number of nitrogens with two attached hydrogens (primary N) is 2. The molecule has 0 aromatic heterocycles. The molecule has 0 saturated heterocycles. The summed E-state index contributed by atoms with van der Waals surface area (Å²) in [5, 5.41) is 3.65. The molecule has 1 amide bonds. The fourth-order valence-corrected chi connectivity index (χ4v) is 1.92. The summed E-state index contributed by atoms with van der Waals surface area (Å²) in [6.45, 7) is 0. The van der Waals surface area contributed by atoms with Crippen molar-refractivity contribution in [1.82, 2.24) is 0 Å². The third-order valence-corrected chi connectivity index (χ3v) is 3.08. The van der Waals surface area contributed by atoms with Gasteiger partial charge in [-0.2, -0.15) is 0 Å². The van der Waals surface area contributed by atoms with Crippen LogP contribution in [0.15, 0.2) is 36.4 Å². The van der Waals surface area contributed by atoms with E-state index in [1.54, 1.807) is 37.4 Å². The van der Waals surface area contributed by atoms with E-state index in [0.29, 0.717) is 27.7 Å². The first-order valence-electron chi connectivity index (χ1n) is 5.81. The number of carbonyl (C=O) groups is 1. The van der Waals surface area contributed by atoms with Crippen molar-refractivity contribution in [3.8, 4) is 5.75 Å². The Morgan fingerprint density at radius 2 is 2.00 bits per heavy atom. The van der Waals surface area contributed by atoms with Crippen LogP contribution < -0.4 is 21.5 Å². The molecule has 0 aliphatic heterocycles. The standard InChI is InChI=1S/C14H14ClN3O2/c1-20-13-7-9(3-4-10(13)15)18-12-5-2-8(14(17)19)6-11(12)16/h2-7,18H,16H2,1H3,(H2,17,19). The second-order valence-electron chi connectivity index (χ2n) is 4.14. The van der Waals surface area contributed by atoms with Crippen LogP contribution in [0, 0.1) is 0 Å². The van der Waals surface area contributed by atoms with E-state index in [9.17, 15) is 4.79 Å². The molecule has 2 aromatic rings. The summed E-state index contributed by atoms with van der Waals surface area (Å²) in [6, 6.07) is 10.1. The van der Waals surface area contributed by atoms with E-state index in [0.717, 1.165) is 5.69 Å². The molecule has 0 bridgehead atoms. The van der Waals surface area contributed by atoms with Crippen LogP contribution in [-0.4, -0.2) is 13.0 Å². The molecule has 5 nitrogen and oxygen atoms in total. The summed E-state index contributed by atoms with van der Waals surface area (Å²) in [5.74, 6) is 0.0420. The Hall–Kier alpha value is -2.40. The number of nitrogen functional groups attached to an aromatic ring is 1. The smallest absolute Gasteiger partial charge is 0.248 e. The van der Waals surface area contributed by atoms with Crippen LogP contribution in [0.4, 0.5) is 17.1 Å². The normalized spacial score (nSPS) is 10.1. The predicted molar refractivity (Wildman–Crippen MR) is 80.7 cm³/mol. The van der Waals surface area contributed by atoms with Crippen LogP contribution in [0.1, 0.15) is 10.4 Å². The molecule has 5 N–H and O–H groups in total. The molecule has 0 aliphatic rings. The van der Waals surface area contributed by atoms with E-state index in [1.165, 1.54) is 6.07 Å². The van der Waals surface area contributed by atoms with E-state index in [1.807, 2.05) is 0 Å². The van der Waals surface area contributed by atoms with Gasteiger partial charge in [0.15, 0.2) is 0 Å². The second kappa shape index (κ2) is 5.71. The molecule has 2 rings (SSSR count). The summed E-state index contributed by atoms with van der Waals surface area (Å²) >= 11 is 5.96. The highest BCUT2D eigenvalue weighted by Gasteiger charge is 2.07. The van der Waals surface area contributed by atoms with Crippen molar-refractivity contribution in [3.63, 3.8) is 0 Å². The zero-order chi connectivity index (χ0) is 14.7. The molecule has 0 unspecified atom stereocenters. The fraction of sp³-hybridized carbons (Fsp3) is 0.0714. The number of nitrogens with one attached hydrogen (secondary N) is 1. The van der Waals surface area contributed by atoms with Gasteiger partial charge in [0.2, 0.25) is 5.91 Å². The maximum absolute atomic E-state index is 11.1. The van der Waals surface area contributed by atoms with Crippen LogP contribution in [0.25, 0.3) is 0 Å². The minimum Gasteiger partial charge on any atom is -0.495 e. The van der Waals surface area contributed by atoms with Gasteiger partial charge in [0, 0.05) is 17.3 Å². The van der Waals surface area contributed by atoms with Gasteiger partial charge in [-0.3, -0.25) is 4.79 Å². The molecule has 0 heterocycles. The lowest BCUT2D eigenvalue weighted by Gasteiger charge is -2.12. The van der Waals surface area contributed by atoms with Gasteiger partial charge in [0.1, 0.15) is 5.75 Å². The van der Waals surface area contributed by atoms with E-state index in [2.05, 4.69) is 5.32 Å². The average Bonchev–Trinajstić information content (AvgIpc) is 2.42. The van der Waals surface area contributed by atoms with Gasteiger partial charge in [-0.15, -0.1) is 0 Å². The minimum atomic E-state index is -0.517. The number of methoxy groups -OCH3 is 1. The summed E-state index contributed by atoms with van der Waals surface area (Å²) < 4.78 is 5.14. The number of ether oxygens (including phenoxy) is 1.